The molecule has 0 aromatic heterocycles. The molecule has 2 N–H and O–H groups in total. The van der Waals surface area contributed by atoms with Crippen LogP contribution >= 0.6 is 7.82 Å². The first-order valence-corrected chi connectivity index (χ1v) is 26.1. The number of aliphatic hydroxyl groups is 1. The van der Waals surface area contributed by atoms with Gasteiger partial charge < -0.3 is 28.8 Å². The van der Waals surface area contributed by atoms with Crippen molar-refractivity contribution in [2.24, 2.45) is 0 Å². The number of likely N-dealkylation sites (N-methyl/N-ethyl adjacent to an activating group) is 1. The lowest BCUT2D eigenvalue weighted by molar-refractivity contribution is -0.870. The molecule has 60 heavy (non-hydrogen) atoms. The first-order chi connectivity index (χ1) is 29.0. The summed E-state index contributed by atoms with van der Waals surface area (Å²) in [6.07, 6.45) is 55.6. The van der Waals surface area contributed by atoms with Crippen LogP contribution in [0.4, 0.5) is 0 Å². The van der Waals surface area contributed by atoms with Crippen LogP contribution in [0.1, 0.15) is 206 Å². The van der Waals surface area contributed by atoms with Gasteiger partial charge in [0.1, 0.15) is 13.2 Å². The molecule has 0 aromatic rings. The Hall–Kier alpha value is -1.80. The molecule has 8 nitrogen and oxygen atoms in total. The van der Waals surface area contributed by atoms with Gasteiger partial charge in [0.05, 0.1) is 39.9 Å². The van der Waals surface area contributed by atoms with Crippen molar-refractivity contribution in [1.82, 2.24) is 5.32 Å². The number of phosphoric acid groups is 1. The van der Waals surface area contributed by atoms with Gasteiger partial charge in [-0.3, -0.25) is 9.36 Å². The third-order valence-electron chi connectivity index (χ3n) is 10.7. The van der Waals surface area contributed by atoms with Crippen molar-refractivity contribution in [2.75, 3.05) is 40.9 Å². The highest BCUT2D eigenvalue weighted by Crippen LogP contribution is 2.38. The largest absolute Gasteiger partial charge is 0.756 e. The summed E-state index contributed by atoms with van der Waals surface area (Å²) in [5.41, 5.74) is 0. The first-order valence-electron chi connectivity index (χ1n) is 24.7. The molecule has 3 atom stereocenters. The monoisotopic (exact) mass is 863 g/mol. The van der Waals surface area contributed by atoms with E-state index in [1.54, 1.807) is 6.08 Å². The van der Waals surface area contributed by atoms with E-state index in [1.807, 2.05) is 27.2 Å². The molecule has 1 amide bonds. The Kier molecular flexibility index (Phi) is 41.2. The number of nitrogens with one attached hydrogen (secondary N) is 1. The average molecular weight is 863 g/mol. The zero-order chi connectivity index (χ0) is 44.3. The standard InChI is InChI=1S/C51H95N2O6P/c1-6-8-10-12-14-16-18-20-22-24-26-28-30-32-34-36-38-40-42-44-50(54)49(48-59-60(56,57)58-47-46-53(3,4)5)52-51(55)45-43-41-39-37-35-33-31-29-27-25-23-21-19-17-15-13-11-9-7-2/h15,17,19,21,26,28,34,36,42,44,49-50,54H,6-14,16,18,20,22-25,27,29-33,35,37-41,43,45-48H2,1-5H3,(H-,52,55,56,57)/b17-15-,21-19-,28-26+,36-34+,44-42+. The van der Waals surface area contributed by atoms with Crippen molar-refractivity contribution in [3.05, 3.63) is 60.8 Å². The van der Waals surface area contributed by atoms with Crippen LogP contribution in [0.2, 0.25) is 0 Å². The highest BCUT2D eigenvalue weighted by atomic mass is 31.2. The molecule has 0 spiro atoms. The van der Waals surface area contributed by atoms with E-state index in [2.05, 4.69) is 67.8 Å². The first kappa shape index (κ1) is 58.2. The van der Waals surface area contributed by atoms with Crippen molar-refractivity contribution in [2.45, 2.75) is 219 Å². The molecular weight excluding hydrogens is 768 g/mol. The number of aliphatic hydroxyl groups excluding tert-OH is 1. The average Bonchev–Trinajstić information content (AvgIpc) is 3.20. The van der Waals surface area contributed by atoms with E-state index in [9.17, 15) is 19.4 Å². The van der Waals surface area contributed by atoms with Crippen molar-refractivity contribution in [3.8, 4) is 0 Å². The van der Waals surface area contributed by atoms with Gasteiger partial charge in [-0.2, -0.15) is 0 Å². The number of amides is 1. The fraction of sp³-hybridized carbons (Fsp3) is 0.784. The molecule has 0 fully saturated rings. The Bertz CT molecular complexity index is 1160. The molecule has 0 aromatic carbocycles. The summed E-state index contributed by atoms with van der Waals surface area (Å²) in [6, 6.07) is -0.913. The third-order valence-corrected chi connectivity index (χ3v) is 11.7. The number of hydrogen-bond donors (Lipinski definition) is 2. The fourth-order valence-electron chi connectivity index (χ4n) is 6.76. The highest BCUT2D eigenvalue weighted by molar-refractivity contribution is 7.45. The molecule has 0 radical (unpaired) electrons. The molecule has 0 rings (SSSR count). The molecule has 0 saturated carbocycles. The molecule has 3 unspecified atom stereocenters. The Balaban J connectivity index is 4.43. The number of hydrogen-bond acceptors (Lipinski definition) is 6. The second-order valence-corrected chi connectivity index (χ2v) is 19.2. The summed E-state index contributed by atoms with van der Waals surface area (Å²) >= 11 is 0. The lowest BCUT2D eigenvalue weighted by Gasteiger charge is -2.29. The second-order valence-electron chi connectivity index (χ2n) is 17.8. The van der Waals surface area contributed by atoms with E-state index in [0.717, 1.165) is 51.4 Å². The van der Waals surface area contributed by atoms with E-state index in [-0.39, 0.29) is 12.5 Å². The highest BCUT2D eigenvalue weighted by Gasteiger charge is 2.23. The van der Waals surface area contributed by atoms with Crippen LogP contribution in [0.25, 0.3) is 0 Å². The lowest BCUT2D eigenvalue weighted by atomic mass is 10.0. The van der Waals surface area contributed by atoms with Crippen molar-refractivity contribution in [1.29, 1.82) is 0 Å². The molecule has 350 valence electrons. The molecule has 0 aliphatic heterocycles. The van der Waals surface area contributed by atoms with Crippen LogP contribution in [-0.2, 0) is 18.4 Å². The number of allylic oxidation sites excluding steroid dienone is 9. The van der Waals surface area contributed by atoms with Gasteiger partial charge in [-0.05, 0) is 70.6 Å². The van der Waals surface area contributed by atoms with Gasteiger partial charge in [0.25, 0.3) is 7.82 Å². The topological polar surface area (TPSA) is 108 Å². The molecule has 0 saturated heterocycles. The normalized spacial score (nSPS) is 14.7. The van der Waals surface area contributed by atoms with E-state index < -0.39 is 26.6 Å². The molecule has 0 heterocycles. The van der Waals surface area contributed by atoms with Gasteiger partial charge in [-0.25, -0.2) is 0 Å². The van der Waals surface area contributed by atoms with Gasteiger partial charge in [-0.1, -0.05) is 190 Å². The summed E-state index contributed by atoms with van der Waals surface area (Å²) in [5.74, 6) is -0.217. The molecule has 0 bridgehead atoms. The third kappa shape index (κ3) is 44.3. The lowest BCUT2D eigenvalue weighted by Crippen LogP contribution is -2.45. The van der Waals surface area contributed by atoms with Crippen LogP contribution in [0, 0.1) is 0 Å². The predicted molar refractivity (Wildman–Crippen MR) is 256 cm³/mol. The van der Waals surface area contributed by atoms with Crippen molar-refractivity contribution < 1.29 is 32.9 Å². The maximum Gasteiger partial charge on any atom is 0.268 e. The van der Waals surface area contributed by atoms with Gasteiger partial charge >= 0.3 is 0 Å². The minimum Gasteiger partial charge on any atom is -0.756 e. The van der Waals surface area contributed by atoms with Crippen LogP contribution < -0.4 is 10.2 Å². The number of unbranched alkanes of at least 4 members (excludes halogenated alkanes) is 24. The van der Waals surface area contributed by atoms with Gasteiger partial charge in [0, 0.05) is 6.42 Å². The van der Waals surface area contributed by atoms with Crippen LogP contribution in [0.5, 0.6) is 0 Å². The fourth-order valence-corrected chi connectivity index (χ4v) is 7.49. The van der Waals surface area contributed by atoms with Crippen LogP contribution in [-0.4, -0.2) is 68.5 Å². The molecule has 0 aliphatic carbocycles. The maximum atomic E-state index is 12.9. The maximum absolute atomic E-state index is 12.9. The van der Waals surface area contributed by atoms with Crippen LogP contribution in [0.15, 0.2) is 60.8 Å². The number of carbonyl (C=O) groups is 1. The van der Waals surface area contributed by atoms with Crippen LogP contribution in [0.3, 0.4) is 0 Å². The number of phosphoric ester groups is 1. The Labute approximate surface area is 371 Å². The van der Waals surface area contributed by atoms with E-state index in [4.69, 9.17) is 9.05 Å². The predicted octanol–water partition coefficient (Wildman–Crippen LogP) is 13.6. The zero-order valence-electron chi connectivity index (χ0n) is 39.6. The number of rotatable bonds is 44. The van der Waals surface area contributed by atoms with E-state index in [1.165, 1.54) is 135 Å². The van der Waals surface area contributed by atoms with Crippen molar-refractivity contribution >= 4 is 13.7 Å². The smallest absolute Gasteiger partial charge is 0.268 e. The van der Waals surface area contributed by atoms with Gasteiger partial charge in [0.15, 0.2) is 0 Å². The molecular formula is C51H95N2O6P. The van der Waals surface area contributed by atoms with E-state index >= 15 is 0 Å². The van der Waals surface area contributed by atoms with Gasteiger partial charge in [-0.15, -0.1) is 0 Å². The number of carbonyl (C=O) groups excluding carboxylic acids is 1. The quantitative estimate of drug-likeness (QED) is 0.0208. The number of quaternary nitrogens is 1. The summed E-state index contributed by atoms with van der Waals surface area (Å²) in [6.45, 7) is 4.58. The van der Waals surface area contributed by atoms with Crippen molar-refractivity contribution in [3.63, 3.8) is 0 Å². The number of nitrogens with zero attached hydrogens (tertiary/aromatic N) is 1. The minimum atomic E-state index is -4.61. The summed E-state index contributed by atoms with van der Waals surface area (Å²) < 4.78 is 23.2. The molecule has 9 heteroatoms. The second kappa shape index (κ2) is 42.5. The summed E-state index contributed by atoms with van der Waals surface area (Å²) in [4.78, 5) is 25.4. The Morgan fingerprint density at radius 1 is 0.583 bits per heavy atom. The Morgan fingerprint density at radius 2 is 0.983 bits per heavy atom. The summed E-state index contributed by atoms with van der Waals surface area (Å²) in [5, 5.41) is 13.8. The summed E-state index contributed by atoms with van der Waals surface area (Å²) in [7, 11) is 1.23. The minimum absolute atomic E-state index is 0.0116. The SMILES string of the molecule is CCCCC/C=C\C=C/CCCCCCCCCCCCC(=O)NC(COP(=O)([O-])OCC[N+](C)(C)C)C(O)/C=C/CC/C=C/CC/C=C/CCCCCCCCCCC. The molecule has 0 aliphatic rings. The zero-order valence-corrected chi connectivity index (χ0v) is 40.5. The Morgan fingerprint density at radius 3 is 1.48 bits per heavy atom. The van der Waals surface area contributed by atoms with E-state index in [0.29, 0.717) is 17.4 Å². The van der Waals surface area contributed by atoms with Gasteiger partial charge in [0.2, 0.25) is 5.91 Å².